The van der Waals surface area contributed by atoms with E-state index < -0.39 is 35.5 Å². The zero-order valence-corrected chi connectivity index (χ0v) is 14.2. The SMILES string of the molecule is CC(C)n1c(C(F)(F)F)nc2cc(C(=O)NC3(C(=O)O)CCC3)ccc21. The summed E-state index contributed by atoms with van der Waals surface area (Å²) >= 11 is 0. The standard InChI is InChI=1S/C17H18F3N3O3/c1-9(2)23-12-5-4-10(8-11(12)21-14(23)17(18,19)20)13(24)22-16(15(25)26)6-3-7-16/h4-5,8-9H,3,6-7H2,1-2H3,(H,22,24)(H,25,26). The Morgan fingerprint density at radius 2 is 1.96 bits per heavy atom. The number of carboxylic acids is 1. The summed E-state index contributed by atoms with van der Waals surface area (Å²) in [4.78, 5) is 27.4. The van der Waals surface area contributed by atoms with E-state index in [0.29, 0.717) is 19.3 Å². The number of hydrogen-bond donors (Lipinski definition) is 2. The van der Waals surface area contributed by atoms with Crippen LogP contribution in [0, 0.1) is 0 Å². The molecule has 1 aliphatic rings. The predicted octanol–water partition coefficient (Wildman–Crippen LogP) is 3.37. The van der Waals surface area contributed by atoms with E-state index >= 15 is 0 Å². The van der Waals surface area contributed by atoms with Crippen molar-refractivity contribution in [2.45, 2.75) is 50.9 Å². The summed E-state index contributed by atoms with van der Waals surface area (Å²) in [6.45, 7) is 3.23. The Kier molecular flexibility index (Phi) is 4.20. The van der Waals surface area contributed by atoms with Gasteiger partial charge in [-0.15, -0.1) is 0 Å². The lowest BCUT2D eigenvalue weighted by atomic mass is 9.76. The highest BCUT2D eigenvalue weighted by atomic mass is 19.4. The number of nitrogens with zero attached hydrogens (tertiary/aromatic N) is 2. The van der Waals surface area contributed by atoms with Crippen molar-refractivity contribution in [1.82, 2.24) is 14.9 Å². The molecule has 0 aliphatic heterocycles. The number of fused-ring (bicyclic) bond motifs is 1. The number of carbonyl (C=O) groups is 2. The molecule has 0 unspecified atom stereocenters. The molecule has 1 amide bonds. The van der Waals surface area contributed by atoms with Gasteiger partial charge in [0.05, 0.1) is 11.0 Å². The van der Waals surface area contributed by atoms with Crippen LogP contribution in [0.4, 0.5) is 13.2 Å². The summed E-state index contributed by atoms with van der Waals surface area (Å²) in [5.74, 6) is -2.77. The van der Waals surface area contributed by atoms with E-state index in [1.54, 1.807) is 13.8 Å². The Labute approximate surface area is 147 Å². The number of aromatic nitrogens is 2. The number of rotatable bonds is 4. The maximum absolute atomic E-state index is 13.2. The van der Waals surface area contributed by atoms with Crippen molar-refractivity contribution in [3.8, 4) is 0 Å². The minimum absolute atomic E-state index is 0.0386. The lowest BCUT2D eigenvalue weighted by molar-refractivity contribution is -0.148. The number of alkyl halides is 3. The molecule has 140 valence electrons. The Balaban J connectivity index is 1.99. The molecule has 6 nitrogen and oxygen atoms in total. The first kappa shape index (κ1) is 18.2. The molecule has 2 N–H and O–H groups in total. The van der Waals surface area contributed by atoms with Gasteiger partial charge in [0, 0.05) is 11.6 Å². The maximum Gasteiger partial charge on any atom is 0.449 e. The second-order valence-corrected chi connectivity index (χ2v) is 6.80. The Morgan fingerprint density at radius 1 is 1.31 bits per heavy atom. The second kappa shape index (κ2) is 6.00. The van der Waals surface area contributed by atoms with Gasteiger partial charge in [-0.2, -0.15) is 13.2 Å². The average molecular weight is 369 g/mol. The van der Waals surface area contributed by atoms with Gasteiger partial charge in [0.2, 0.25) is 5.82 Å². The smallest absolute Gasteiger partial charge is 0.449 e. The topological polar surface area (TPSA) is 84.2 Å². The van der Waals surface area contributed by atoms with Gasteiger partial charge < -0.3 is 15.0 Å². The number of hydrogen-bond acceptors (Lipinski definition) is 3. The van der Waals surface area contributed by atoms with Crippen LogP contribution in [0.2, 0.25) is 0 Å². The first-order valence-electron chi connectivity index (χ1n) is 8.20. The van der Waals surface area contributed by atoms with E-state index in [1.165, 1.54) is 18.2 Å². The fourth-order valence-electron chi connectivity index (χ4n) is 3.17. The van der Waals surface area contributed by atoms with Gasteiger partial charge in [-0.3, -0.25) is 4.79 Å². The van der Waals surface area contributed by atoms with Crippen molar-refractivity contribution in [2.24, 2.45) is 0 Å². The minimum Gasteiger partial charge on any atom is -0.480 e. The van der Waals surface area contributed by atoms with E-state index in [1.807, 2.05) is 0 Å². The molecule has 9 heteroatoms. The van der Waals surface area contributed by atoms with Gasteiger partial charge in [-0.25, -0.2) is 9.78 Å². The largest absolute Gasteiger partial charge is 0.480 e. The molecule has 0 bridgehead atoms. The van der Waals surface area contributed by atoms with Gasteiger partial charge in [-0.05, 0) is 51.3 Å². The van der Waals surface area contributed by atoms with Crippen molar-refractivity contribution < 1.29 is 27.9 Å². The molecule has 1 fully saturated rings. The molecule has 26 heavy (non-hydrogen) atoms. The fourth-order valence-corrected chi connectivity index (χ4v) is 3.17. The van der Waals surface area contributed by atoms with E-state index in [-0.39, 0.29) is 16.6 Å². The number of halogens is 3. The molecular weight excluding hydrogens is 351 g/mol. The molecule has 1 aliphatic carbocycles. The maximum atomic E-state index is 13.2. The van der Waals surface area contributed by atoms with Crippen LogP contribution in [0.1, 0.15) is 55.3 Å². The lowest BCUT2D eigenvalue weighted by Gasteiger charge is -2.38. The van der Waals surface area contributed by atoms with Crippen LogP contribution in [-0.2, 0) is 11.0 Å². The number of imidazole rings is 1. The van der Waals surface area contributed by atoms with Crippen LogP contribution in [0.5, 0.6) is 0 Å². The second-order valence-electron chi connectivity index (χ2n) is 6.80. The van der Waals surface area contributed by atoms with Crippen molar-refractivity contribution >= 4 is 22.9 Å². The molecule has 0 radical (unpaired) electrons. The van der Waals surface area contributed by atoms with Gasteiger partial charge in [0.25, 0.3) is 5.91 Å². The number of carbonyl (C=O) groups excluding carboxylic acids is 1. The molecule has 1 saturated carbocycles. The highest BCUT2D eigenvalue weighted by Gasteiger charge is 2.46. The van der Waals surface area contributed by atoms with E-state index in [4.69, 9.17) is 0 Å². The van der Waals surface area contributed by atoms with Gasteiger partial charge >= 0.3 is 12.1 Å². The van der Waals surface area contributed by atoms with Crippen molar-refractivity contribution in [3.05, 3.63) is 29.6 Å². The van der Waals surface area contributed by atoms with Crippen molar-refractivity contribution in [2.75, 3.05) is 0 Å². The Morgan fingerprint density at radius 3 is 2.42 bits per heavy atom. The lowest BCUT2D eigenvalue weighted by Crippen LogP contribution is -2.59. The Hall–Kier alpha value is -2.58. The number of benzene rings is 1. The molecule has 0 spiro atoms. The Bertz CT molecular complexity index is 882. The summed E-state index contributed by atoms with van der Waals surface area (Å²) in [7, 11) is 0. The third-order valence-corrected chi connectivity index (χ3v) is 4.69. The quantitative estimate of drug-likeness (QED) is 0.865. The average Bonchev–Trinajstić information content (AvgIpc) is 2.89. The zero-order chi connectivity index (χ0) is 19.3. The highest BCUT2D eigenvalue weighted by Crippen LogP contribution is 2.35. The third kappa shape index (κ3) is 2.91. The molecule has 1 aromatic carbocycles. The summed E-state index contributed by atoms with van der Waals surface area (Å²) < 4.78 is 40.8. The van der Waals surface area contributed by atoms with Crippen LogP contribution in [0.15, 0.2) is 18.2 Å². The molecule has 0 atom stereocenters. The zero-order valence-electron chi connectivity index (χ0n) is 14.2. The van der Waals surface area contributed by atoms with Crippen LogP contribution in [-0.4, -0.2) is 32.1 Å². The number of amides is 1. The van der Waals surface area contributed by atoms with E-state index in [0.717, 1.165) is 4.57 Å². The van der Waals surface area contributed by atoms with Gasteiger partial charge in [-0.1, -0.05) is 0 Å². The first-order valence-corrected chi connectivity index (χ1v) is 8.20. The van der Waals surface area contributed by atoms with Crippen molar-refractivity contribution in [1.29, 1.82) is 0 Å². The van der Waals surface area contributed by atoms with E-state index in [9.17, 15) is 27.9 Å². The number of aliphatic carboxylic acids is 1. The fraction of sp³-hybridized carbons (Fsp3) is 0.471. The summed E-state index contributed by atoms with van der Waals surface area (Å²) in [5, 5.41) is 11.8. The summed E-state index contributed by atoms with van der Waals surface area (Å²) in [5.41, 5.74) is -0.912. The molecule has 2 aromatic rings. The third-order valence-electron chi connectivity index (χ3n) is 4.69. The van der Waals surface area contributed by atoms with Crippen LogP contribution in [0.3, 0.4) is 0 Å². The first-order chi connectivity index (χ1) is 12.0. The molecule has 3 rings (SSSR count). The summed E-state index contributed by atoms with van der Waals surface area (Å²) in [6, 6.07) is 3.57. The van der Waals surface area contributed by atoms with Gasteiger partial charge in [0.15, 0.2) is 0 Å². The van der Waals surface area contributed by atoms with Gasteiger partial charge in [0.1, 0.15) is 5.54 Å². The summed E-state index contributed by atoms with van der Waals surface area (Å²) in [6.07, 6.45) is -3.27. The molecule has 1 heterocycles. The van der Waals surface area contributed by atoms with E-state index in [2.05, 4.69) is 10.3 Å². The van der Waals surface area contributed by atoms with Crippen LogP contribution in [0.25, 0.3) is 11.0 Å². The molecular formula is C17H18F3N3O3. The van der Waals surface area contributed by atoms with Crippen molar-refractivity contribution in [3.63, 3.8) is 0 Å². The number of nitrogens with one attached hydrogen (secondary N) is 1. The number of carboxylic acid groups (broad SMARTS) is 1. The van der Waals surface area contributed by atoms with Crippen LogP contribution < -0.4 is 5.32 Å². The predicted molar refractivity (Wildman–Crippen MR) is 86.8 cm³/mol. The molecule has 0 saturated heterocycles. The van der Waals surface area contributed by atoms with Crippen LogP contribution >= 0.6 is 0 Å². The minimum atomic E-state index is -4.62. The molecule has 1 aromatic heterocycles. The normalized spacial score (nSPS) is 16.5. The highest BCUT2D eigenvalue weighted by molar-refractivity contribution is 6.00. The monoisotopic (exact) mass is 369 g/mol.